The standard InChI is InChI=1S/C28H33F3N4O3S/c1-21(20-39-27-32-33-34-35(27)24-7-4-3-5-8-24)9-14-26(36)22(2)15-18-37-19-23-10-12-25(13-11-23)38-17-6-16-28(29,30)31/h3-5,7-8,10-13,21-22,26,36H,6,15-20H2,1-2H3/t21-,22+,26?/m1/s1. The smallest absolute Gasteiger partial charge is 0.389 e. The summed E-state index contributed by atoms with van der Waals surface area (Å²) in [5, 5.41) is 23.0. The van der Waals surface area contributed by atoms with Crippen molar-refractivity contribution >= 4 is 11.8 Å². The van der Waals surface area contributed by atoms with Gasteiger partial charge in [-0.25, -0.2) is 0 Å². The Morgan fingerprint density at radius 3 is 2.49 bits per heavy atom. The third-order valence-electron chi connectivity index (χ3n) is 5.70. The van der Waals surface area contributed by atoms with Crippen molar-refractivity contribution in [2.24, 2.45) is 11.8 Å². The Hall–Kier alpha value is -3.07. The largest absolute Gasteiger partial charge is 0.494 e. The van der Waals surface area contributed by atoms with E-state index < -0.39 is 18.7 Å². The minimum atomic E-state index is -4.16. The number of hydrogen-bond donors (Lipinski definition) is 1. The van der Waals surface area contributed by atoms with E-state index >= 15 is 0 Å². The third-order valence-corrected chi connectivity index (χ3v) is 6.88. The third kappa shape index (κ3) is 11.3. The summed E-state index contributed by atoms with van der Waals surface area (Å²) in [6.07, 6.45) is -5.20. The molecule has 0 spiro atoms. The van der Waals surface area contributed by atoms with E-state index in [0.717, 1.165) is 11.3 Å². The number of rotatable bonds is 14. The number of thioether (sulfide) groups is 1. The minimum absolute atomic E-state index is 0.0185. The summed E-state index contributed by atoms with van der Waals surface area (Å²) in [7, 11) is 0. The number of aromatic nitrogens is 4. The number of aliphatic hydroxyl groups excluding tert-OH is 1. The SMILES string of the molecule is C[C@H](C#CC(O)[C@@H](C)CCOCc1ccc(OCCCC(F)(F)F)cc1)CSc1nnnn1-c1ccccc1. The van der Waals surface area contributed by atoms with Crippen LogP contribution in [0.15, 0.2) is 59.8 Å². The minimum Gasteiger partial charge on any atom is -0.494 e. The number of benzene rings is 2. The molecule has 0 aliphatic rings. The van der Waals surface area contributed by atoms with Gasteiger partial charge in [0.2, 0.25) is 5.16 Å². The fourth-order valence-corrected chi connectivity index (χ4v) is 4.21. The first-order valence-electron chi connectivity index (χ1n) is 12.7. The summed E-state index contributed by atoms with van der Waals surface area (Å²) in [5.74, 6) is 7.26. The van der Waals surface area contributed by atoms with E-state index in [1.54, 1.807) is 16.8 Å². The van der Waals surface area contributed by atoms with Gasteiger partial charge in [0.1, 0.15) is 11.9 Å². The number of ether oxygens (including phenoxy) is 2. The maximum absolute atomic E-state index is 12.2. The topological polar surface area (TPSA) is 82.3 Å². The van der Waals surface area contributed by atoms with Crippen LogP contribution in [0.25, 0.3) is 5.69 Å². The van der Waals surface area contributed by atoms with Crippen molar-refractivity contribution in [3.63, 3.8) is 0 Å². The molecule has 0 bridgehead atoms. The Morgan fingerprint density at radius 2 is 1.77 bits per heavy atom. The van der Waals surface area contributed by atoms with Crippen LogP contribution in [0.4, 0.5) is 13.2 Å². The van der Waals surface area contributed by atoms with Crippen molar-refractivity contribution < 1.29 is 27.8 Å². The zero-order valence-electron chi connectivity index (χ0n) is 22.0. The van der Waals surface area contributed by atoms with Crippen LogP contribution in [0.2, 0.25) is 0 Å². The molecule has 0 saturated heterocycles. The van der Waals surface area contributed by atoms with Crippen LogP contribution in [0.3, 0.4) is 0 Å². The van der Waals surface area contributed by atoms with Crippen LogP contribution in [0.5, 0.6) is 5.75 Å². The molecule has 39 heavy (non-hydrogen) atoms. The fourth-order valence-electron chi connectivity index (χ4n) is 3.37. The Balaban J connectivity index is 1.32. The second kappa shape index (κ2) is 15.5. The van der Waals surface area contributed by atoms with Crippen molar-refractivity contribution in [1.82, 2.24) is 20.2 Å². The molecule has 3 rings (SSSR count). The lowest BCUT2D eigenvalue weighted by atomic mass is 10.0. The lowest BCUT2D eigenvalue weighted by molar-refractivity contribution is -0.136. The van der Waals surface area contributed by atoms with Gasteiger partial charge in [0, 0.05) is 24.7 Å². The predicted molar refractivity (Wildman–Crippen MR) is 143 cm³/mol. The van der Waals surface area contributed by atoms with Crippen LogP contribution in [-0.4, -0.2) is 56.6 Å². The number of nitrogens with zero attached hydrogens (tertiary/aromatic N) is 4. The van der Waals surface area contributed by atoms with Crippen LogP contribution >= 0.6 is 11.8 Å². The highest BCUT2D eigenvalue weighted by molar-refractivity contribution is 7.99. The van der Waals surface area contributed by atoms with Gasteiger partial charge in [0.15, 0.2) is 0 Å². The number of tetrazole rings is 1. The van der Waals surface area contributed by atoms with Crippen molar-refractivity contribution in [1.29, 1.82) is 0 Å². The van der Waals surface area contributed by atoms with Crippen molar-refractivity contribution in [3.05, 3.63) is 60.2 Å². The van der Waals surface area contributed by atoms with Gasteiger partial charge >= 0.3 is 6.18 Å². The maximum Gasteiger partial charge on any atom is 0.389 e. The number of aliphatic hydroxyl groups is 1. The Kier molecular flexibility index (Phi) is 12.1. The first-order chi connectivity index (χ1) is 18.7. The van der Waals surface area contributed by atoms with Gasteiger partial charge in [-0.15, -0.1) is 5.10 Å². The zero-order valence-corrected chi connectivity index (χ0v) is 22.8. The van der Waals surface area contributed by atoms with E-state index in [9.17, 15) is 18.3 Å². The molecule has 1 N–H and O–H groups in total. The second-order valence-electron chi connectivity index (χ2n) is 9.18. The van der Waals surface area contributed by atoms with E-state index in [4.69, 9.17) is 9.47 Å². The zero-order chi connectivity index (χ0) is 28.1. The highest BCUT2D eigenvalue weighted by Gasteiger charge is 2.26. The number of alkyl halides is 3. The lowest BCUT2D eigenvalue weighted by Gasteiger charge is -2.14. The molecule has 3 atom stereocenters. The Bertz CT molecular complexity index is 1180. The van der Waals surface area contributed by atoms with Gasteiger partial charge in [-0.2, -0.15) is 17.9 Å². The molecule has 0 amide bonds. The molecular weight excluding hydrogens is 529 g/mol. The van der Waals surface area contributed by atoms with E-state index in [0.29, 0.717) is 36.3 Å². The van der Waals surface area contributed by atoms with Crippen LogP contribution < -0.4 is 4.74 Å². The van der Waals surface area contributed by atoms with E-state index in [1.807, 2.05) is 56.3 Å². The van der Waals surface area contributed by atoms with E-state index in [-0.39, 0.29) is 24.9 Å². The molecule has 2 aromatic carbocycles. The van der Waals surface area contributed by atoms with Gasteiger partial charge in [-0.1, -0.05) is 67.8 Å². The Morgan fingerprint density at radius 1 is 1.03 bits per heavy atom. The van der Waals surface area contributed by atoms with Crippen molar-refractivity contribution in [2.45, 2.75) is 57.2 Å². The first-order valence-corrected chi connectivity index (χ1v) is 13.7. The molecule has 1 heterocycles. The highest BCUT2D eigenvalue weighted by atomic mass is 32.2. The first kappa shape index (κ1) is 30.5. The molecule has 0 aliphatic heterocycles. The summed E-state index contributed by atoms with van der Waals surface area (Å²) in [4.78, 5) is 0. The maximum atomic E-state index is 12.2. The number of para-hydroxylation sites is 1. The lowest BCUT2D eigenvalue weighted by Crippen LogP contribution is -2.17. The number of halogens is 3. The van der Waals surface area contributed by atoms with Crippen molar-refractivity contribution in [3.8, 4) is 23.3 Å². The van der Waals surface area contributed by atoms with Crippen LogP contribution in [0, 0.1) is 23.7 Å². The molecule has 0 saturated carbocycles. The quantitative estimate of drug-likeness (QED) is 0.153. The fraction of sp³-hybridized carbons (Fsp3) is 0.464. The normalized spacial score (nSPS) is 13.8. The molecule has 0 aliphatic carbocycles. The van der Waals surface area contributed by atoms with Gasteiger partial charge in [-0.3, -0.25) is 0 Å². The van der Waals surface area contributed by atoms with E-state index in [1.165, 1.54) is 11.8 Å². The molecule has 11 heteroatoms. The molecule has 0 fully saturated rings. The molecular formula is C28H33F3N4O3S. The molecule has 3 aromatic rings. The van der Waals surface area contributed by atoms with Gasteiger partial charge in [-0.05, 0) is 59.0 Å². The summed E-state index contributed by atoms with van der Waals surface area (Å²) < 4.78 is 49.3. The second-order valence-corrected chi connectivity index (χ2v) is 10.2. The van der Waals surface area contributed by atoms with Crippen LogP contribution in [0.1, 0.15) is 38.7 Å². The highest BCUT2D eigenvalue weighted by Crippen LogP contribution is 2.22. The molecule has 0 radical (unpaired) electrons. The summed E-state index contributed by atoms with van der Waals surface area (Å²) in [6.45, 7) is 4.80. The molecule has 7 nitrogen and oxygen atoms in total. The monoisotopic (exact) mass is 562 g/mol. The average molecular weight is 563 g/mol. The van der Waals surface area contributed by atoms with E-state index in [2.05, 4.69) is 27.4 Å². The number of hydrogen-bond acceptors (Lipinski definition) is 7. The summed E-state index contributed by atoms with van der Waals surface area (Å²) >= 11 is 1.51. The Labute approximate surface area is 231 Å². The molecule has 1 unspecified atom stereocenters. The summed E-state index contributed by atoms with van der Waals surface area (Å²) in [5.41, 5.74) is 1.81. The average Bonchev–Trinajstić information content (AvgIpc) is 3.40. The van der Waals surface area contributed by atoms with Gasteiger partial charge in [0.25, 0.3) is 0 Å². The van der Waals surface area contributed by atoms with Gasteiger partial charge in [0.05, 0.1) is 18.9 Å². The van der Waals surface area contributed by atoms with Crippen molar-refractivity contribution in [2.75, 3.05) is 19.0 Å². The van der Waals surface area contributed by atoms with Gasteiger partial charge < -0.3 is 14.6 Å². The predicted octanol–water partition coefficient (Wildman–Crippen LogP) is 5.72. The molecule has 1 aromatic heterocycles. The molecule has 210 valence electrons. The summed E-state index contributed by atoms with van der Waals surface area (Å²) in [6, 6.07) is 16.7. The van der Waals surface area contributed by atoms with Crippen LogP contribution in [-0.2, 0) is 11.3 Å².